The molecule has 0 unspecified atom stereocenters. The number of carbonyl (C=O) groups is 2. The Morgan fingerprint density at radius 2 is 1.83 bits per heavy atom. The molecule has 3 rings (SSSR count). The lowest BCUT2D eigenvalue weighted by Gasteiger charge is -2.12. The summed E-state index contributed by atoms with van der Waals surface area (Å²) >= 11 is 0. The van der Waals surface area contributed by atoms with Gasteiger partial charge in [0.15, 0.2) is 11.5 Å². The highest BCUT2D eigenvalue weighted by atomic mass is 16.7. The van der Waals surface area contributed by atoms with Crippen molar-refractivity contribution in [1.82, 2.24) is 0 Å². The Balaban J connectivity index is 1.80. The lowest BCUT2D eigenvalue weighted by molar-refractivity contribution is -0.114. The van der Waals surface area contributed by atoms with Crippen molar-refractivity contribution in [3.05, 3.63) is 42.0 Å². The number of anilines is 2. The van der Waals surface area contributed by atoms with E-state index >= 15 is 0 Å². The van der Waals surface area contributed by atoms with Crippen LogP contribution in [0.3, 0.4) is 0 Å². The number of rotatable bonds is 4. The first-order valence-electron chi connectivity index (χ1n) is 7.23. The summed E-state index contributed by atoms with van der Waals surface area (Å²) in [5, 5.41) is 5.43. The summed E-state index contributed by atoms with van der Waals surface area (Å²) in [6.07, 6.45) is 0. The maximum atomic E-state index is 12.4. The van der Waals surface area contributed by atoms with E-state index in [0.717, 1.165) is 0 Å². The predicted molar refractivity (Wildman–Crippen MR) is 87.8 cm³/mol. The topological polar surface area (TPSA) is 85.9 Å². The molecule has 1 aliphatic heterocycles. The Bertz CT molecular complexity index is 804. The monoisotopic (exact) mass is 328 g/mol. The predicted octanol–water partition coefficient (Wildman–Crippen LogP) is 2.63. The molecule has 0 radical (unpaired) electrons. The number of nitrogens with one attached hydrogen (secondary N) is 2. The molecular weight excluding hydrogens is 312 g/mol. The second-order valence-electron chi connectivity index (χ2n) is 5.12. The molecule has 2 aromatic rings. The van der Waals surface area contributed by atoms with Crippen molar-refractivity contribution in [2.24, 2.45) is 0 Å². The molecule has 0 aliphatic carbocycles. The van der Waals surface area contributed by atoms with Crippen LogP contribution in [0.2, 0.25) is 0 Å². The molecule has 124 valence electrons. The minimum atomic E-state index is -0.299. The summed E-state index contributed by atoms with van der Waals surface area (Å²) in [4.78, 5) is 23.6. The Morgan fingerprint density at radius 1 is 1.04 bits per heavy atom. The van der Waals surface area contributed by atoms with Crippen LogP contribution >= 0.6 is 0 Å². The van der Waals surface area contributed by atoms with E-state index in [4.69, 9.17) is 14.2 Å². The van der Waals surface area contributed by atoms with E-state index in [2.05, 4.69) is 10.6 Å². The molecule has 2 amide bonds. The van der Waals surface area contributed by atoms with Crippen LogP contribution in [0.25, 0.3) is 0 Å². The summed E-state index contributed by atoms with van der Waals surface area (Å²) in [5.74, 6) is 1.13. The average Bonchev–Trinajstić information content (AvgIpc) is 3.02. The van der Waals surface area contributed by atoms with E-state index in [1.165, 1.54) is 14.0 Å². The van der Waals surface area contributed by atoms with E-state index in [1.54, 1.807) is 36.4 Å². The van der Waals surface area contributed by atoms with E-state index in [-0.39, 0.29) is 18.6 Å². The molecule has 0 atom stereocenters. The van der Waals surface area contributed by atoms with Gasteiger partial charge in [-0.05, 0) is 36.4 Å². The van der Waals surface area contributed by atoms with Gasteiger partial charge in [0.1, 0.15) is 5.75 Å². The molecule has 1 aliphatic rings. The van der Waals surface area contributed by atoms with Crippen molar-refractivity contribution < 1.29 is 23.8 Å². The van der Waals surface area contributed by atoms with Gasteiger partial charge in [0.25, 0.3) is 5.91 Å². The van der Waals surface area contributed by atoms with Crippen LogP contribution < -0.4 is 24.8 Å². The molecule has 7 heteroatoms. The highest BCUT2D eigenvalue weighted by Gasteiger charge is 2.16. The number of hydrogen-bond donors (Lipinski definition) is 2. The zero-order valence-corrected chi connectivity index (χ0v) is 13.2. The quantitative estimate of drug-likeness (QED) is 0.901. The molecule has 7 nitrogen and oxygen atoms in total. The van der Waals surface area contributed by atoms with Gasteiger partial charge in [0, 0.05) is 18.2 Å². The fourth-order valence-electron chi connectivity index (χ4n) is 2.31. The van der Waals surface area contributed by atoms with Crippen molar-refractivity contribution in [2.45, 2.75) is 6.92 Å². The van der Waals surface area contributed by atoms with Crippen molar-refractivity contribution >= 4 is 23.2 Å². The SMILES string of the molecule is COc1ccc(NC(=O)c2ccc3c(c2)OCO3)cc1NC(C)=O. The van der Waals surface area contributed by atoms with Gasteiger partial charge >= 0.3 is 0 Å². The maximum Gasteiger partial charge on any atom is 0.255 e. The third kappa shape index (κ3) is 3.24. The van der Waals surface area contributed by atoms with Gasteiger partial charge in [0.05, 0.1) is 12.8 Å². The maximum absolute atomic E-state index is 12.4. The van der Waals surface area contributed by atoms with Gasteiger partial charge < -0.3 is 24.8 Å². The van der Waals surface area contributed by atoms with Gasteiger partial charge in [-0.3, -0.25) is 9.59 Å². The van der Waals surface area contributed by atoms with Gasteiger partial charge in [-0.15, -0.1) is 0 Å². The normalized spacial score (nSPS) is 11.8. The lowest BCUT2D eigenvalue weighted by Crippen LogP contribution is -2.13. The molecule has 0 aromatic heterocycles. The minimum absolute atomic E-state index is 0.152. The first-order chi connectivity index (χ1) is 11.6. The molecule has 0 saturated heterocycles. The summed E-state index contributed by atoms with van der Waals surface area (Å²) in [6.45, 7) is 1.55. The standard InChI is InChI=1S/C17H16N2O5/c1-10(20)18-13-8-12(4-6-14(13)22-2)19-17(21)11-3-5-15-16(7-11)24-9-23-15/h3-8H,9H2,1-2H3,(H,18,20)(H,19,21). The Morgan fingerprint density at radius 3 is 2.58 bits per heavy atom. The molecule has 1 heterocycles. The highest BCUT2D eigenvalue weighted by Crippen LogP contribution is 2.33. The summed E-state index contributed by atoms with van der Waals surface area (Å²) in [7, 11) is 1.51. The summed E-state index contributed by atoms with van der Waals surface area (Å²) in [6, 6.07) is 9.95. The molecule has 0 spiro atoms. The number of amides is 2. The van der Waals surface area contributed by atoms with Crippen molar-refractivity contribution in [3.63, 3.8) is 0 Å². The Labute approximate surface area is 138 Å². The van der Waals surface area contributed by atoms with Gasteiger partial charge in [-0.2, -0.15) is 0 Å². The van der Waals surface area contributed by atoms with Crippen molar-refractivity contribution in [3.8, 4) is 17.2 Å². The minimum Gasteiger partial charge on any atom is -0.495 e. The van der Waals surface area contributed by atoms with Crippen molar-refractivity contribution in [1.29, 1.82) is 0 Å². The second-order valence-corrected chi connectivity index (χ2v) is 5.12. The fourth-order valence-corrected chi connectivity index (χ4v) is 2.31. The van der Waals surface area contributed by atoms with Gasteiger partial charge in [-0.1, -0.05) is 0 Å². The first kappa shape index (κ1) is 15.7. The Hall–Kier alpha value is -3.22. The second kappa shape index (κ2) is 6.49. The van der Waals surface area contributed by atoms with Crippen LogP contribution in [0.15, 0.2) is 36.4 Å². The van der Waals surface area contributed by atoms with Crippen molar-refractivity contribution in [2.75, 3.05) is 24.5 Å². The lowest BCUT2D eigenvalue weighted by atomic mass is 10.1. The third-order valence-electron chi connectivity index (χ3n) is 3.40. The molecule has 0 fully saturated rings. The van der Waals surface area contributed by atoms with Crippen LogP contribution in [-0.4, -0.2) is 25.7 Å². The zero-order chi connectivity index (χ0) is 17.1. The third-order valence-corrected chi connectivity index (χ3v) is 3.40. The number of fused-ring (bicyclic) bond motifs is 1. The molecule has 2 aromatic carbocycles. The number of carbonyl (C=O) groups excluding carboxylic acids is 2. The number of ether oxygens (including phenoxy) is 3. The smallest absolute Gasteiger partial charge is 0.255 e. The van der Waals surface area contributed by atoms with Crippen LogP contribution in [0.1, 0.15) is 17.3 Å². The van der Waals surface area contributed by atoms with Gasteiger partial charge in [0.2, 0.25) is 12.7 Å². The molecular formula is C17H16N2O5. The Kier molecular flexibility index (Phi) is 4.24. The first-order valence-corrected chi connectivity index (χ1v) is 7.23. The van der Waals surface area contributed by atoms with E-state index in [1.807, 2.05) is 0 Å². The van der Waals surface area contributed by atoms with Crippen LogP contribution in [0.5, 0.6) is 17.2 Å². The average molecular weight is 328 g/mol. The largest absolute Gasteiger partial charge is 0.495 e. The van der Waals surface area contributed by atoms with E-state index in [0.29, 0.717) is 34.2 Å². The molecule has 0 bridgehead atoms. The van der Waals surface area contributed by atoms with Gasteiger partial charge in [-0.25, -0.2) is 0 Å². The molecule has 0 saturated carbocycles. The van der Waals surface area contributed by atoms with Crippen LogP contribution in [-0.2, 0) is 4.79 Å². The fraction of sp³-hybridized carbons (Fsp3) is 0.176. The van der Waals surface area contributed by atoms with E-state index < -0.39 is 0 Å². The number of methoxy groups -OCH3 is 1. The zero-order valence-electron chi connectivity index (χ0n) is 13.2. The summed E-state index contributed by atoms with van der Waals surface area (Å²) < 4.78 is 15.7. The number of benzene rings is 2. The van der Waals surface area contributed by atoms with Crippen LogP contribution in [0, 0.1) is 0 Å². The highest BCUT2D eigenvalue weighted by molar-refractivity contribution is 6.05. The van der Waals surface area contributed by atoms with Crippen LogP contribution in [0.4, 0.5) is 11.4 Å². The molecule has 2 N–H and O–H groups in total. The summed E-state index contributed by atoms with van der Waals surface area (Å²) in [5.41, 5.74) is 1.45. The number of hydrogen-bond acceptors (Lipinski definition) is 5. The molecule has 24 heavy (non-hydrogen) atoms. The van der Waals surface area contributed by atoms with E-state index in [9.17, 15) is 9.59 Å².